The van der Waals surface area contributed by atoms with E-state index in [2.05, 4.69) is 42.6 Å². The summed E-state index contributed by atoms with van der Waals surface area (Å²) in [6.45, 7) is 1.37. The Morgan fingerprint density at radius 1 is 1.19 bits per heavy atom. The number of rotatable bonds is 6. The van der Waals surface area contributed by atoms with Gasteiger partial charge in [0.1, 0.15) is 11.4 Å². The largest absolute Gasteiger partial charge is 0.496 e. The van der Waals surface area contributed by atoms with Crippen LogP contribution in [0.5, 0.6) is 5.75 Å². The first-order valence-electron chi connectivity index (χ1n) is 8.39. The zero-order valence-corrected chi connectivity index (χ0v) is 16.5. The van der Waals surface area contributed by atoms with E-state index in [0.717, 1.165) is 40.5 Å². The number of benzene rings is 1. The molecule has 7 heteroatoms. The molecule has 0 saturated carbocycles. The van der Waals surface area contributed by atoms with Gasteiger partial charge in [0.2, 0.25) is 0 Å². The van der Waals surface area contributed by atoms with Crippen LogP contribution in [-0.2, 0) is 13.0 Å². The van der Waals surface area contributed by atoms with E-state index in [9.17, 15) is 0 Å². The molecule has 0 aliphatic rings. The number of hydrogen-bond donors (Lipinski definition) is 2. The van der Waals surface area contributed by atoms with Gasteiger partial charge < -0.3 is 19.8 Å². The SMILES string of the molecule is CN=C(NCCc1ccccc1OC)NCc1cn2cc(Br)ccc2n1. The average Bonchev–Trinajstić information content (AvgIpc) is 3.06. The van der Waals surface area contributed by atoms with Crippen LogP contribution < -0.4 is 15.4 Å². The minimum atomic E-state index is 0.605. The normalized spacial score (nSPS) is 11.6. The van der Waals surface area contributed by atoms with Crippen LogP contribution in [0.3, 0.4) is 0 Å². The molecule has 2 heterocycles. The van der Waals surface area contributed by atoms with Crippen LogP contribution in [0.15, 0.2) is 58.3 Å². The number of nitrogens with one attached hydrogen (secondary N) is 2. The van der Waals surface area contributed by atoms with E-state index in [1.165, 1.54) is 5.56 Å². The zero-order valence-electron chi connectivity index (χ0n) is 14.9. The molecule has 0 radical (unpaired) electrons. The summed E-state index contributed by atoms with van der Waals surface area (Å²) in [4.78, 5) is 8.86. The first kappa shape index (κ1) is 18.3. The summed E-state index contributed by atoms with van der Waals surface area (Å²) in [5, 5.41) is 6.62. The molecule has 2 N–H and O–H groups in total. The summed E-state index contributed by atoms with van der Waals surface area (Å²) in [6.07, 6.45) is 4.86. The van der Waals surface area contributed by atoms with Gasteiger partial charge in [0, 0.05) is 30.5 Å². The number of aromatic nitrogens is 2. The zero-order chi connectivity index (χ0) is 18.4. The second kappa shape index (κ2) is 8.71. The van der Waals surface area contributed by atoms with Crippen LogP contribution in [-0.4, -0.2) is 36.0 Å². The number of pyridine rings is 1. The third kappa shape index (κ3) is 4.54. The summed E-state index contributed by atoms with van der Waals surface area (Å²) < 4.78 is 8.41. The lowest BCUT2D eigenvalue weighted by Gasteiger charge is -2.12. The lowest BCUT2D eigenvalue weighted by molar-refractivity contribution is 0.409. The van der Waals surface area contributed by atoms with Crippen LogP contribution in [0.25, 0.3) is 5.65 Å². The number of nitrogens with zero attached hydrogens (tertiary/aromatic N) is 3. The first-order valence-corrected chi connectivity index (χ1v) is 9.18. The van der Waals surface area contributed by atoms with Gasteiger partial charge in [0.25, 0.3) is 0 Å². The quantitative estimate of drug-likeness (QED) is 0.479. The summed E-state index contributed by atoms with van der Waals surface area (Å²) in [5.41, 5.74) is 3.05. The monoisotopic (exact) mass is 415 g/mol. The molecule has 1 aromatic carbocycles. The number of imidazole rings is 1. The van der Waals surface area contributed by atoms with E-state index < -0.39 is 0 Å². The van der Waals surface area contributed by atoms with Gasteiger partial charge in [-0.05, 0) is 46.1 Å². The number of guanidine groups is 1. The lowest BCUT2D eigenvalue weighted by Crippen LogP contribution is -2.37. The number of aliphatic imine (C=N–C) groups is 1. The van der Waals surface area contributed by atoms with E-state index >= 15 is 0 Å². The van der Waals surface area contributed by atoms with Crippen molar-refractivity contribution < 1.29 is 4.74 Å². The predicted octanol–water partition coefficient (Wildman–Crippen LogP) is 3.01. The number of fused-ring (bicyclic) bond motifs is 1. The van der Waals surface area contributed by atoms with Gasteiger partial charge >= 0.3 is 0 Å². The standard InChI is InChI=1S/C19H22BrN5O/c1-21-19(22-10-9-14-5-3-4-6-17(14)26-2)23-11-16-13-25-12-15(20)7-8-18(25)24-16/h3-8,12-13H,9-11H2,1-2H3,(H2,21,22,23). The molecule has 2 aromatic heterocycles. The molecule has 26 heavy (non-hydrogen) atoms. The molecule has 0 saturated heterocycles. The summed E-state index contributed by atoms with van der Waals surface area (Å²) in [6, 6.07) is 12.0. The highest BCUT2D eigenvalue weighted by Crippen LogP contribution is 2.17. The maximum Gasteiger partial charge on any atom is 0.191 e. The Hall–Kier alpha value is -2.54. The van der Waals surface area contributed by atoms with Crippen molar-refractivity contribution in [2.24, 2.45) is 4.99 Å². The second-order valence-corrected chi connectivity index (χ2v) is 6.68. The van der Waals surface area contributed by atoms with Crippen LogP contribution >= 0.6 is 15.9 Å². The average molecular weight is 416 g/mol. The van der Waals surface area contributed by atoms with Crippen LogP contribution in [0, 0.1) is 0 Å². The van der Waals surface area contributed by atoms with Crippen molar-refractivity contribution >= 4 is 27.5 Å². The molecule has 0 fully saturated rings. The van der Waals surface area contributed by atoms with Crippen molar-refractivity contribution in [2.45, 2.75) is 13.0 Å². The van der Waals surface area contributed by atoms with Gasteiger partial charge in [-0.15, -0.1) is 0 Å². The fraction of sp³-hybridized carbons (Fsp3) is 0.263. The Morgan fingerprint density at radius 2 is 2.04 bits per heavy atom. The van der Waals surface area contributed by atoms with Crippen molar-refractivity contribution in [2.75, 3.05) is 20.7 Å². The number of halogens is 1. The molecule has 0 atom stereocenters. The first-order chi connectivity index (χ1) is 12.7. The third-order valence-corrected chi connectivity index (χ3v) is 4.47. The summed E-state index contributed by atoms with van der Waals surface area (Å²) in [5.74, 6) is 1.66. The number of methoxy groups -OCH3 is 1. The van der Waals surface area contributed by atoms with E-state index in [1.54, 1.807) is 14.2 Å². The highest BCUT2D eigenvalue weighted by atomic mass is 79.9. The highest BCUT2D eigenvalue weighted by Gasteiger charge is 2.05. The van der Waals surface area contributed by atoms with Crippen molar-refractivity contribution in [3.05, 3.63) is 64.5 Å². The molecule has 136 valence electrons. The Labute approximate surface area is 161 Å². The smallest absolute Gasteiger partial charge is 0.191 e. The lowest BCUT2D eigenvalue weighted by atomic mass is 10.1. The molecule has 0 amide bonds. The molecule has 6 nitrogen and oxygen atoms in total. The van der Waals surface area contributed by atoms with Crippen molar-refractivity contribution in [3.63, 3.8) is 0 Å². The molecule has 3 aromatic rings. The molecule has 0 bridgehead atoms. The maximum absolute atomic E-state index is 5.38. The van der Waals surface area contributed by atoms with E-state index in [0.29, 0.717) is 6.54 Å². The highest BCUT2D eigenvalue weighted by molar-refractivity contribution is 9.10. The Bertz CT molecular complexity index is 906. The van der Waals surface area contributed by atoms with Gasteiger partial charge in [0.15, 0.2) is 5.96 Å². The predicted molar refractivity (Wildman–Crippen MR) is 108 cm³/mol. The molecular weight excluding hydrogens is 394 g/mol. The van der Waals surface area contributed by atoms with E-state index in [1.807, 2.05) is 47.1 Å². The number of ether oxygens (including phenoxy) is 1. The fourth-order valence-electron chi connectivity index (χ4n) is 2.72. The topological polar surface area (TPSA) is 63.0 Å². The number of para-hydroxylation sites is 1. The molecule has 3 rings (SSSR count). The Balaban J connectivity index is 1.52. The van der Waals surface area contributed by atoms with Crippen molar-refractivity contribution in [3.8, 4) is 5.75 Å². The molecular formula is C19H22BrN5O. The van der Waals surface area contributed by atoms with Gasteiger partial charge in [0.05, 0.1) is 19.3 Å². The molecule has 0 aliphatic heterocycles. The second-order valence-electron chi connectivity index (χ2n) is 5.76. The summed E-state index contributed by atoms with van der Waals surface area (Å²) >= 11 is 3.47. The minimum absolute atomic E-state index is 0.605. The Kier molecular flexibility index (Phi) is 6.12. The Morgan fingerprint density at radius 3 is 2.85 bits per heavy atom. The van der Waals surface area contributed by atoms with E-state index in [-0.39, 0.29) is 0 Å². The molecule has 0 aliphatic carbocycles. The molecule has 0 spiro atoms. The van der Waals surface area contributed by atoms with Gasteiger partial charge in [-0.25, -0.2) is 4.98 Å². The van der Waals surface area contributed by atoms with Crippen LogP contribution in [0.1, 0.15) is 11.3 Å². The van der Waals surface area contributed by atoms with Crippen molar-refractivity contribution in [1.29, 1.82) is 0 Å². The maximum atomic E-state index is 5.38. The fourth-order valence-corrected chi connectivity index (χ4v) is 3.08. The van der Waals surface area contributed by atoms with Crippen LogP contribution in [0.4, 0.5) is 0 Å². The number of hydrogen-bond acceptors (Lipinski definition) is 3. The summed E-state index contributed by atoms with van der Waals surface area (Å²) in [7, 11) is 3.46. The minimum Gasteiger partial charge on any atom is -0.496 e. The molecule has 0 unspecified atom stereocenters. The van der Waals surface area contributed by atoms with Gasteiger partial charge in [-0.3, -0.25) is 4.99 Å². The third-order valence-electron chi connectivity index (χ3n) is 4.00. The van der Waals surface area contributed by atoms with Gasteiger partial charge in [-0.1, -0.05) is 18.2 Å². The van der Waals surface area contributed by atoms with Crippen molar-refractivity contribution in [1.82, 2.24) is 20.0 Å². The van der Waals surface area contributed by atoms with Gasteiger partial charge in [-0.2, -0.15) is 0 Å². The van der Waals surface area contributed by atoms with Crippen LogP contribution in [0.2, 0.25) is 0 Å². The van der Waals surface area contributed by atoms with E-state index in [4.69, 9.17) is 4.74 Å².